The Bertz CT molecular complexity index is 898. The molecule has 3 rings (SSSR count). The Hall–Kier alpha value is -2.84. The van der Waals surface area contributed by atoms with Crippen molar-refractivity contribution in [1.29, 1.82) is 5.26 Å². The van der Waals surface area contributed by atoms with E-state index in [4.69, 9.17) is 4.74 Å². The normalized spacial score (nSPS) is 15.6. The minimum absolute atomic E-state index is 0.468. The number of carbonyl (C=O) groups excluding carboxylic acids is 1. The summed E-state index contributed by atoms with van der Waals surface area (Å²) in [6.07, 6.45) is 0.111. The third-order valence-corrected chi connectivity index (χ3v) is 4.24. The summed E-state index contributed by atoms with van der Waals surface area (Å²) in [5.74, 6) is 0. The van der Waals surface area contributed by atoms with Crippen LogP contribution in [0.2, 0.25) is 0 Å². The zero-order chi connectivity index (χ0) is 18.7. The second kappa shape index (κ2) is 7.19. The molecule has 1 heterocycles. The lowest BCUT2D eigenvalue weighted by Crippen LogP contribution is -2.47. The van der Waals surface area contributed by atoms with Crippen molar-refractivity contribution in [1.82, 2.24) is 10.4 Å². The van der Waals surface area contributed by atoms with E-state index in [1.165, 1.54) is 0 Å². The molecule has 1 aliphatic rings. The van der Waals surface area contributed by atoms with Gasteiger partial charge in [0.05, 0.1) is 6.07 Å². The highest BCUT2D eigenvalue weighted by molar-refractivity contribution is 5.95. The molecular formula is C21H23N3O2. The smallest absolute Gasteiger partial charge is 0.422 e. The molecule has 2 aromatic carbocycles. The van der Waals surface area contributed by atoms with Crippen molar-refractivity contribution in [2.45, 2.75) is 32.8 Å². The van der Waals surface area contributed by atoms with Gasteiger partial charge in [0.15, 0.2) is 0 Å². The number of rotatable bonds is 2. The van der Waals surface area contributed by atoms with Crippen LogP contribution in [-0.4, -0.2) is 29.8 Å². The Morgan fingerprint density at radius 2 is 1.92 bits per heavy atom. The second-order valence-corrected chi connectivity index (χ2v) is 7.38. The Morgan fingerprint density at radius 3 is 2.65 bits per heavy atom. The number of amides is 1. The van der Waals surface area contributed by atoms with Gasteiger partial charge in [0.25, 0.3) is 0 Å². The number of ether oxygens (including phenoxy) is 1. The maximum Gasteiger partial charge on any atom is 0.422 e. The molecule has 0 spiro atoms. The summed E-state index contributed by atoms with van der Waals surface area (Å²) in [5, 5.41) is 13.6. The van der Waals surface area contributed by atoms with E-state index in [9.17, 15) is 10.1 Å². The quantitative estimate of drug-likeness (QED) is 0.880. The van der Waals surface area contributed by atoms with E-state index in [2.05, 4.69) is 29.7 Å². The first-order chi connectivity index (χ1) is 12.4. The molecule has 1 amide bonds. The molecule has 0 aromatic heterocycles. The molecule has 134 valence electrons. The van der Waals surface area contributed by atoms with Crippen molar-refractivity contribution < 1.29 is 9.53 Å². The van der Waals surface area contributed by atoms with Crippen molar-refractivity contribution in [3.63, 3.8) is 0 Å². The number of hydrazine groups is 1. The molecule has 5 heteroatoms. The van der Waals surface area contributed by atoms with Crippen molar-refractivity contribution >= 4 is 22.4 Å². The number of benzene rings is 2. The number of hydrogen-bond donors (Lipinski definition) is 1. The minimum Gasteiger partial charge on any atom is -0.443 e. The lowest BCUT2D eigenvalue weighted by Gasteiger charge is -2.30. The summed E-state index contributed by atoms with van der Waals surface area (Å²) in [6, 6.07) is 16.6. The number of nitrogens with one attached hydrogen (secondary N) is 1. The van der Waals surface area contributed by atoms with Gasteiger partial charge >= 0.3 is 6.09 Å². The summed E-state index contributed by atoms with van der Waals surface area (Å²) in [5.41, 5.74) is 5.00. The Kier molecular flexibility index (Phi) is 4.97. The fraction of sp³-hybridized carbons (Fsp3) is 0.333. The molecule has 0 saturated carbocycles. The third-order valence-electron chi connectivity index (χ3n) is 4.24. The lowest BCUT2D eigenvalue weighted by atomic mass is 9.91. The van der Waals surface area contributed by atoms with E-state index in [1.54, 1.807) is 0 Å². The molecule has 1 N–H and O–H groups in total. The monoisotopic (exact) mass is 349 g/mol. The highest BCUT2D eigenvalue weighted by atomic mass is 16.6. The van der Waals surface area contributed by atoms with Gasteiger partial charge in [-0.25, -0.2) is 9.80 Å². The predicted octanol–water partition coefficient (Wildman–Crippen LogP) is 4.26. The summed E-state index contributed by atoms with van der Waals surface area (Å²) < 4.78 is 5.33. The summed E-state index contributed by atoms with van der Waals surface area (Å²) in [4.78, 5) is 12.1. The van der Waals surface area contributed by atoms with Crippen molar-refractivity contribution in [2.75, 3.05) is 13.1 Å². The fourth-order valence-electron chi connectivity index (χ4n) is 3.15. The molecule has 0 fully saturated rings. The van der Waals surface area contributed by atoms with Crippen LogP contribution in [0.3, 0.4) is 0 Å². The van der Waals surface area contributed by atoms with Crippen LogP contribution in [0.15, 0.2) is 48.0 Å². The van der Waals surface area contributed by atoms with E-state index < -0.39 is 11.7 Å². The first kappa shape index (κ1) is 18.0. The number of nitriles is 1. The average Bonchev–Trinajstić information content (AvgIpc) is 2.59. The topological polar surface area (TPSA) is 65.4 Å². The molecule has 1 aliphatic heterocycles. The van der Waals surface area contributed by atoms with Gasteiger partial charge in [-0.15, -0.1) is 0 Å². The second-order valence-electron chi connectivity index (χ2n) is 7.38. The highest BCUT2D eigenvalue weighted by Crippen LogP contribution is 2.31. The van der Waals surface area contributed by atoms with Gasteiger partial charge in [0.2, 0.25) is 0 Å². The minimum atomic E-state index is -0.550. The molecule has 26 heavy (non-hydrogen) atoms. The maximum absolute atomic E-state index is 12.1. The molecule has 5 nitrogen and oxygen atoms in total. The molecule has 0 atom stereocenters. The summed E-state index contributed by atoms with van der Waals surface area (Å²) in [7, 11) is 0. The molecule has 0 saturated heterocycles. The van der Waals surface area contributed by atoms with Crippen LogP contribution in [0.4, 0.5) is 4.79 Å². The van der Waals surface area contributed by atoms with Gasteiger partial charge in [0, 0.05) is 18.7 Å². The Balaban J connectivity index is 1.89. The maximum atomic E-state index is 12.1. The molecule has 0 aliphatic carbocycles. The third kappa shape index (κ3) is 4.04. The number of fused-ring (bicyclic) bond motifs is 1. The molecule has 0 bridgehead atoms. The fourth-order valence-corrected chi connectivity index (χ4v) is 3.15. The highest BCUT2D eigenvalue weighted by Gasteiger charge is 2.24. The number of nitrogens with zero attached hydrogens (tertiary/aromatic N) is 2. The van der Waals surface area contributed by atoms with Crippen molar-refractivity contribution in [2.24, 2.45) is 0 Å². The average molecular weight is 349 g/mol. The van der Waals surface area contributed by atoms with Crippen molar-refractivity contribution in [3.05, 3.63) is 53.6 Å². The van der Waals surface area contributed by atoms with E-state index >= 15 is 0 Å². The Labute approximate surface area is 153 Å². The first-order valence-corrected chi connectivity index (χ1v) is 8.72. The van der Waals surface area contributed by atoms with Crippen LogP contribution >= 0.6 is 0 Å². The van der Waals surface area contributed by atoms with Gasteiger partial charge in [-0.1, -0.05) is 42.5 Å². The summed E-state index contributed by atoms with van der Waals surface area (Å²) in [6.45, 7) is 6.54. The SMILES string of the molecule is CC(C)(C)OC(=O)NN1CCC(C#N)=C(c2cccc3ccccc23)C1. The predicted molar refractivity (Wildman–Crippen MR) is 102 cm³/mol. The largest absolute Gasteiger partial charge is 0.443 e. The van der Waals surface area contributed by atoms with Gasteiger partial charge in [0.1, 0.15) is 5.60 Å². The molecule has 0 unspecified atom stereocenters. The van der Waals surface area contributed by atoms with E-state index in [0.29, 0.717) is 19.5 Å². The van der Waals surface area contributed by atoms with Crippen LogP contribution < -0.4 is 5.43 Å². The van der Waals surface area contributed by atoms with E-state index in [0.717, 1.165) is 27.5 Å². The van der Waals surface area contributed by atoms with Gasteiger partial charge in [-0.05, 0) is 49.1 Å². The van der Waals surface area contributed by atoms with Gasteiger partial charge in [-0.3, -0.25) is 5.43 Å². The van der Waals surface area contributed by atoms with Crippen LogP contribution in [-0.2, 0) is 4.74 Å². The van der Waals surface area contributed by atoms with Gasteiger partial charge < -0.3 is 4.74 Å². The number of carbonyl (C=O) groups is 1. The van der Waals surface area contributed by atoms with E-state index in [-0.39, 0.29) is 0 Å². The van der Waals surface area contributed by atoms with Crippen LogP contribution in [0.1, 0.15) is 32.8 Å². The van der Waals surface area contributed by atoms with Crippen molar-refractivity contribution in [3.8, 4) is 6.07 Å². The first-order valence-electron chi connectivity index (χ1n) is 8.72. The van der Waals surface area contributed by atoms with Gasteiger partial charge in [-0.2, -0.15) is 5.26 Å². The zero-order valence-corrected chi connectivity index (χ0v) is 15.4. The van der Waals surface area contributed by atoms with Crippen LogP contribution in [0, 0.1) is 11.3 Å². The molecule has 2 aromatic rings. The van der Waals surface area contributed by atoms with E-state index in [1.807, 2.05) is 50.0 Å². The number of hydrogen-bond acceptors (Lipinski definition) is 4. The van der Waals surface area contributed by atoms with Crippen LogP contribution in [0.5, 0.6) is 0 Å². The van der Waals surface area contributed by atoms with Crippen LogP contribution in [0.25, 0.3) is 16.3 Å². The zero-order valence-electron chi connectivity index (χ0n) is 15.4. The standard InChI is InChI=1S/C21H23N3O2/c1-21(2,3)26-20(25)23-24-12-11-16(13-22)19(14-24)18-10-6-8-15-7-4-5-9-17(15)18/h4-10H,11-12,14H2,1-3H3,(H,23,25). The molecule has 0 radical (unpaired) electrons. The summed E-state index contributed by atoms with van der Waals surface area (Å²) >= 11 is 0. The Morgan fingerprint density at radius 1 is 1.19 bits per heavy atom. The molecular weight excluding hydrogens is 326 g/mol. The lowest BCUT2D eigenvalue weighted by molar-refractivity contribution is 0.0347.